The topological polar surface area (TPSA) is 84.1 Å². The molecular weight excluding hydrogens is 266 g/mol. The molecule has 0 spiro atoms. The smallest absolute Gasteiger partial charge is 0.265 e. The lowest BCUT2D eigenvalue weighted by molar-refractivity contribution is 0.409. The summed E-state index contributed by atoms with van der Waals surface area (Å²) in [5.41, 5.74) is 2.18. The fraction of sp³-hybridized carbons (Fsp3) is 0.250. The maximum absolute atomic E-state index is 12.1. The molecule has 2 rings (SSSR count). The molecule has 0 saturated heterocycles. The third kappa shape index (κ3) is 2.55. The number of nitrogens with one attached hydrogen (secondary N) is 2. The van der Waals surface area contributed by atoms with E-state index in [1.165, 1.54) is 12.4 Å². The SMILES string of the molecule is COc1c(C)ccc(NS(=O)(=O)c2cn[nH]c2)c1C. The molecule has 2 aromatic rings. The van der Waals surface area contributed by atoms with Gasteiger partial charge in [0.05, 0.1) is 19.0 Å². The summed E-state index contributed by atoms with van der Waals surface area (Å²) in [6.45, 7) is 3.71. The average molecular weight is 281 g/mol. The fourth-order valence-corrected chi connectivity index (χ4v) is 2.87. The second kappa shape index (κ2) is 4.93. The number of aromatic amines is 1. The van der Waals surface area contributed by atoms with E-state index in [9.17, 15) is 8.42 Å². The number of nitrogens with zero attached hydrogens (tertiary/aromatic N) is 1. The van der Waals surface area contributed by atoms with Gasteiger partial charge in [-0.2, -0.15) is 5.10 Å². The Labute approximate surface area is 111 Å². The van der Waals surface area contributed by atoms with Crippen LogP contribution in [-0.2, 0) is 10.0 Å². The van der Waals surface area contributed by atoms with Crippen molar-refractivity contribution in [2.75, 3.05) is 11.8 Å². The van der Waals surface area contributed by atoms with Crippen molar-refractivity contribution >= 4 is 15.7 Å². The molecular formula is C12H15N3O3S. The second-order valence-electron chi connectivity index (χ2n) is 4.13. The average Bonchev–Trinajstić information content (AvgIpc) is 2.88. The summed E-state index contributed by atoms with van der Waals surface area (Å²) >= 11 is 0. The minimum atomic E-state index is -3.63. The van der Waals surface area contributed by atoms with Crippen molar-refractivity contribution in [2.24, 2.45) is 0 Å². The highest BCUT2D eigenvalue weighted by molar-refractivity contribution is 7.92. The molecule has 0 atom stereocenters. The van der Waals surface area contributed by atoms with Crippen molar-refractivity contribution in [3.05, 3.63) is 35.7 Å². The summed E-state index contributed by atoms with van der Waals surface area (Å²) in [7, 11) is -2.07. The summed E-state index contributed by atoms with van der Waals surface area (Å²) in [6.07, 6.45) is 2.58. The molecule has 7 heteroatoms. The molecule has 0 fully saturated rings. The molecule has 0 unspecified atom stereocenters. The van der Waals surface area contributed by atoms with E-state index >= 15 is 0 Å². The van der Waals surface area contributed by atoms with Gasteiger partial charge < -0.3 is 4.74 Å². The lowest BCUT2D eigenvalue weighted by atomic mass is 10.1. The summed E-state index contributed by atoms with van der Waals surface area (Å²) in [4.78, 5) is 0.0893. The molecule has 6 nitrogen and oxygen atoms in total. The van der Waals surface area contributed by atoms with E-state index in [0.717, 1.165) is 11.1 Å². The highest BCUT2D eigenvalue weighted by atomic mass is 32.2. The Hall–Kier alpha value is -2.02. The van der Waals surface area contributed by atoms with Gasteiger partial charge in [0.1, 0.15) is 10.6 Å². The van der Waals surface area contributed by atoms with Gasteiger partial charge in [-0.05, 0) is 25.5 Å². The largest absolute Gasteiger partial charge is 0.496 e. The molecule has 0 radical (unpaired) electrons. The number of hydrogen-bond donors (Lipinski definition) is 2. The van der Waals surface area contributed by atoms with Gasteiger partial charge in [-0.1, -0.05) is 6.07 Å². The van der Waals surface area contributed by atoms with Gasteiger partial charge in [-0.15, -0.1) is 0 Å². The maximum atomic E-state index is 12.1. The normalized spacial score (nSPS) is 11.3. The number of benzene rings is 1. The van der Waals surface area contributed by atoms with Crippen molar-refractivity contribution in [1.29, 1.82) is 0 Å². The highest BCUT2D eigenvalue weighted by Crippen LogP contribution is 2.30. The number of methoxy groups -OCH3 is 1. The Morgan fingerprint density at radius 3 is 2.63 bits per heavy atom. The van der Waals surface area contributed by atoms with Gasteiger partial charge in [0.15, 0.2) is 0 Å². The van der Waals surface area contributed by atoms with Crippen LogP contribution in [-0.4, -0.2) is 25.7 Å². The Kier molecular flexibility index (Phi) is 3.48. The van der Waals surface area contributed by atoms with Crippen LogP contribution in [0.3, 0.4) is 0 Å². The second-order valence-corrected chi connectivity index (χ2v) is 5.81. The Balaban J connectivity index is 2.40. The van der Waals surface area contributed by atoms with Crippen LogP contribution in [0.25, 0.3) is 0 Å². The van der Waals surface area contributed by atoms with Crippen molar-refractivity contribution < 1.29 is 13.2 Å². The summed E-state index contributed by atoms with van der Waals surface area (Å²) in [6, 6.07) is 3.52. The number of aryl methyl sites for hydroxylation is 1. The fourth-order valence-electron chi connectivity index (χ4n) is 1.84. The molecule has 0 saturated carbocycles. The van der Waals surface area contributed by atoms with E-state index in [1.54, 1.807) is 26.2 Å². The number of hydrogen-bond acceptors (Lipinski definition) is 4. The van der Waals surface area contributed by atoms with Crippen LogP contribution in [0.5, 0.6) is 5.75 Å². The first-order valence-corrected chi connectivity index (χ1v) is 7.10. The number of sulfonamides is 1. The summed E-state index contributed by atoms with van der Waals surface area (Å²) in [5.74, 6) is 0.674. The van der Waals surface area contributed by atoms with Crippen LogP contribution < -0.4 is 9.46 Å². The van der Waals surface area contributed by atoms with Crippen LogP contribution in [0.1, 0.15) is 11.1 Å². The molecule has 0 aliphatic heterocycles. The number of aromatic nitrogens is 2. The van der Waals surface area contributed by atoms with Crippen LogP contribution in [0.2, 0.25) is 0 Å². The zero-order chi connectivity index (χ0) is 14.0. The van der Waals surface area contributed by atoms with Crippen molar-refractivity contribution in [1.82, 2.24) is 10.2 Å². The molecule has 0 bridgehead atoms. The highest BCUT2D eigenvalue weighted by Gasteiger charge is 2.18. The first-order chi connectivity index (χ1) is 8.95. The van der Waals surface area contributed by atoms with E-state index in [4.69, 9.17) is 4.74 Å². The predicted octanol–water partition coefficient (Wildman–Crippen LogP) is 1.84. The molecule has 1 aromatic carbocycles. The van der Waals surface area contributed by atoms with E-state index in [-0.39, 0.29) is 4.90 Å². The third-order valence-corrected chi connectivity index (χ3v) is 4.17. The monoisotopic (exact) mass is 281 g/mol. The Morgan fingerprint density at radius 1 is 1.32 bits per heavy atom. The lowest BCUT2D eigenvalue weighted by Crippen LogP contribution is -2.13. The summed E-state index contributed by atoms with van der Waals surface area (Å²) in [5, 5.41) is 6.11. The van der Waals surface area contributed by atoms with Crippen molar-refractivity contribution in [3.8, 4) is 5.75 Å². The molecule has 0 amide bonds. The van der Waals surface area contributed by atoms with E-state index in [0.29, 0.717) is 11.4 Å². The molecule has 1 heterocycles. The van der Waals surface area contributed by atoms with E-state index in [2.05, 4.69) is 14.9 Å². The van der Waals surface area contributed by atoms with E-state index in [1.807, 2.05) is 6.92 Å². The molecule has 102 valence electrons. The molecule has 1 aromatic heterocycles. The van der Waals surface area contributed by atoms with Crippen LogP contribution in [0, 0.1) is 13.8 Å². The Morgan fingerprint density at radius 2 is 2.05 bits per heavy atom. The van der Waals surface area contributed by atoms with Crippen LogP contribution in [0.4, 0.5) is 5.69 Å². The molecule has 0 aliphatic carbocycles. The lowest BCUT2D eigenvalue weighted by Gasteiger charge is -2.14. The van der Waals surface area contributed by atoms with Gasteiger partial charge in [-0.25, -0.2) is 8.42 Å². The van der Waals surface area contributed by atoms with Gasteiger partial charge in [0, 0.05) is 11.8 Å². The van der Waals surface area contributed by atoms with Crippen LogP contribution >= 0.6 is 0 Å². The summed E-state index contributed by atoms with van der Waals surface area (Å²) < 4.78 is 32.0. The van der Waals surface area contributed by atoms with Gasteiger partial charge in [0.25, 0.3) is 10.0 Å². The van der Waals surface area contributed by atoms with Crippen molar-refractivity contribution in [2.45, 2.75) is 18.7 Å². The minimum absolute atomic E-state index is 0.0893. The zero-order valence-electron chi connectivity index (χ0n) is 10.9. The van der Waals surface area contributed by atoms with Gasteiger partial charge in [0.2, 0.25) is 0 Å². The van der Waals surface area contributed by atoms with Crippen molar-refractivity contribution in [3.63, 3.8) is 0 Å². The van der Waals surface area contributed by atoms with Gasteiger partial charge >= 0.3 is 0 Å². The number of ether oxygens (including phenoxy) is 1. The maximum Gasteiger partial charge on any atom is 0.265 e. The third-order valence-electron chi connectivity index (χ3n) is 2.83. The minimum Gasteiger partial charge on any atom is -0.496 e. The van der Waals surface area contributed by atoms with Gasteiger partial charge in [-0.3, -0.25) is 9.82 Å². The molecule has 19 heavy (non-hydrogen) atoms. The zero-order valence-corrected chi connectivity index (χ0v) is 11.7. The number of H-pyrrole nitrogens is 1. The predicted molar refractivity (Wildman–Crippen MR) is 71.9 cm³/mol. The Bertz CT molecular complexity index is 678. The number of rotatable bonds is 4. The first kappa shape index (κ1) is 13.4. The van der Waals surface area contributed by atoms with E-state index < -0.39 is 10.0 Å². The first-order valence-electron chi connectivity index (χ1n) is 5.61. The van der Waals surface area contributed by atoms with Crippen LogP contribution in [0.15, 0.2) is 29.4 Å². The quantitative estimate of drug-likeness (QED) is 0.895. The number of anilines is 1. The standard InChI is InChI=1S/C12H15N3O3S/c1-8-4-5-11(9(2)12(8)18-3)15-19(16,17)10-6-13-14-7-10/h4-7,15H,1-3H3,(H,13,14). The molecule has 2 N–H and O–H groups in total. The molecule has 0 aliphatic rings.